The van der Waals surface area contributed by atoms with Crippen LogP contribution in [0.15, 0.2) is 192 Å². The molecule has 8 heterocycles. The Hall–Kier alpha value is -11.4. The Labute approximate surface area is 701 Å². The highest BCUT2D eigenvalue weighted by Gasteiger charge is 2.59. The van der Waals surface area contributed by atoms with Gasteiger partial charge < -0.3 is 39.5 Å². The van der Waals surface area contributed by atoms with Gasteiger partial charge in [0.2, 0.25) is 0 Å². The summed E-state index contributed by atoms with van der Waals surface area (Å²) in [4.78, 5) is 69.5. The van der Waals surface area contributed by atoms with E-state index in [2.05, 4.69) is 62.0 Å². The highest BCUT2D eigenvalue weighted by atomic mass is 32.2. The molecule has 4 unspecified atom stereocenters. The molecule has 122 heavy (non-hydrogen) atoms. The molecule has 26 nitrogen and oxygen atoms in total. The number of ether oxygens (including phenoxy) is 4. The molecule has 6 aromatic carbocycles. The molecule has 2 saturated carbocycles. The lowest BCUT2D eigenvalue weighted by Crippen LogP contribution is -2.36. The fourth-order valence-corrected chi connectivity index (χ4v) is 20.3. The standard InChI is InChI=1S/2C45H46F2N6O7S/c2*46-45(47)25-38(45)35-4-1-2-5-36(35)40-6-3-19-52(40)32-10-7-29(8-11-32)30-9-13-37(42(23-30)60-33-22-31-15-18-48-43(31)50-27-33)44(54)51-61(57,58)34-12-14-39(41(24-34)53(55)56)49-26-28-16-20-59-21-17-28/h2*1-2,4-5,7,9,12-15,18,22-24,27-28,32,38,40,49H,3,6,8,10-11,16-17,19-21,25-26H2,(H,48,50)(H,51,54)/t2*32?,38-,40?/m10/s1. The maximum atomic E-state index is 14.2. The molecule has 6 N–H and O–H groups in total. The van der Waals surface area contributed by atoms with Gasteiger partial charge in [-0.2, -0.15) is 0 Å². The fourth-order valence-electron chi connectivity index (χ4n) is 18.3. The van der Waals surface area contributed by atoms with Gasteiger partial charge in [0.05, 0.1) is 55.0 Å². The number of H-pyrrole nitrogens is 2. The first-order valence-corrected chi connectivity index (χ1v) is 44.5. The van der Waals surface area contributed by atoms with Gasteiger partial charge in [-0.25, -0.2) is 53.8 Å². The first-order valence-electron chi connectivity index (χ1n) is 41.5. The molecular formula is C90H92F4N12O14S2. The molecule has 4 aliphatic carbocycles. The largest absolute Gasteiger partial charge is 0.455 e. The van der Waals surface area contributed by atoms with Gasteiger partial charge in [-0.1, -0.05) is 72.8 Å². The smallest absolute Gasteiger partial charge is 0.293 e. The van der Waals surface area contributed by atoms with E-state index in [0.717, 1.165) is 158 Å². The van der Waals surface area contributed by atoms with Gasteiger partial charge in [-0.3, -0.25) is 39.6 Å². The van der Waals surface area contributed by atoms with E-state index < -0.39 is 86.6 Å². The SMILES string of the molecule is O=C(NS(=O)(=O)c1ccc(NCC2CCOCC2)c([N+](=O)[O-])c1)c1ccc(C2=CCC(N3CCCC3c3ccccc3[C@@H]3CC3(F)F)CC2)cc1Oc1cnc2[nH]ccc2c1.O=C(NS(=O)(=O)c1ccc(NCC2CCOCC2)c([N+](=O)[O-])c1)c1ccc(C2=CCC(N3CCCC3c3ccccc3[C@H]3CC3(F)F)CC2)cc1Oc1cnc2[nH]ccc2c1. The monoisotopic (exact) mass is 1700 g/mol. The van der Waals surface area contributed by atoms with E-state index in [1.807, 2.05) is 60.7 Å². The van der Waals surface area contributed by atoms with E-state index in [0.29, 0.717) is 75.2 Å². The van der Waals surface area contributed by atoms with E-state index >= 15 is 0 Å². The zero-order valence-corrected chi connectivity index (χ0v) is 68.3. The molecule has 4 aromatic heterocycles. The molecule has 8 aliphatic rings. The summed E-state index contributed by atoms with van der Waals surface area (Å²) >= 11 is 0. The molecular weight excluding hydrogens is 1610 g/mol. The highest BCUT2D eigenvalue weighted by molar-refractivity contribution is 7.90. The van der Waals surface area contributed by atoms with Crippen LogP contribution in [0, 0.1) is 32.1 Å². The van der Waals surface area contributed by atoms with Crippen molar-refractivity contribution in [2.45, 2.75) is 160 Å². The molecule has 0 radical (unpaired) electrons. The molecule has 18 rings (SSSR count). The minimum absolute atomic E-state index is 0.0696. The molecule has 0 bridgehead atoms. The average molecular weight is 1710 g/mol. The van der Waals surface area contributed by atoms with E-state index in [1.54, 1.807) is 48.8 Å². The number of hydrogen-bond donors (Lipinski definition) is 6. The fraction of sp³-hybridized carbons (Fsp3) is 0.378. The molecule has 2 amide bonds. The number of fused-ring (bicyclic) bond motifs is 2. The summed E-state index contributed by atoms with van der Waals surface area (Å²) in [6.07, 6.45) is 22.3. The van der Waals surface area contributed by atoms with Crippen molar-refractivity contribution in [3.63, 3.8) is 0 Å². The lowest BCUT2D eigenvalue weighted by molar-refractivity contribution is -0.384. The summed E-state index contributed by atoms with van der Waals surface area (Å²) < 4.78 is 139. The van der Waals surface area contributed by atoms with Gasteiger partial charge >= 0.3 is 0 Å². The molecule has 4 saturated heterocycles. The minimum atomic E-state index is -4.58. The number of nitrogens with one attached hydrogen (secondary N) is 6. The molecule has 636 valence electrons. The predicted octanol–water partition coefficient (Wildman–Crippen LogP) is 18.2. The summed E-state index contributed by atoms with van der Waals surface area (Å²) in [5, 5.41) is 31.8. The van der Waals surface area contributed by atoms with E-state index in [4.69, 9.17) is 18.9 Å². The number of rotatable bonds is 26. The Morgan fingerprint density at radius 2 is 0.918 bits per heavy atom. The van der Waals surface area contributed by atoms with Crippen LogP contribution in [0.2, 0.25) is 0 Å². The Morgan fingerprint density at radius 1 is 0.516 bits per heavy atom. The number of halogens is 4. The minimum Gasteiger partial charge on any atom is -0.455 e. The first-order chi connectivity index (χ1) is 58.9. The number of hydrogen-bond acceptors (Lipinski definition) is 20. The molecule has 0 spiro atoms. The van der Waals surface area contributed by atoms with Crippen LogP contribution < -0.4 is 29.6 Å². The third-order valence-corrected chi connectivity index (χ3v) is 27.7. The number of alkyl halides is 4. The lowest BCUT2D eigenvalue weighted by atomic mass is 9.88. The number of pyridine rings is 2. The summed E-state index contributed by atoms with van der Waals surface area (Å²) in [6.45, 7) is 5.18. The van der Waals surface area contributed by atoms with E-state index in [1.165, 1.54) is 48.8 Å². The second-order valence-corrected chi connectivity index (χ2v) is 36.2. The van der Waals surface area contributed by atoms with Crippen LogP contribution in [0.25, 0.3) is 33.2 Å². The first kappa shape index (κ1) is 82.9. The second kappa shape index (κ2) is 34.8. The zero-order chi connectivity index (χ0) is 84.6. The molecule has 6 fully saturated rings. The number of aromatic amines is 2. The van der Waals surface area contributed by atoms with Crippen molar-refractivity contribution in [3.8, 4) is 23.0 Å². The van der Waals surface area contributed by atoms with Crippen molar-refractivity contribution in [3.05, 3.63) is 247 Å². The molecule has 4 aliphatic heterocycles. The van der Waals surface area contributed by atoms with Crippen LogP contribution >= 0.6 is 0 Å². The number of amides is 2. The topological polar surface area (TPSA) is 338 Å². The van der Waals surface area contributed by atoms with E-state index in [9.17, 15) is 64.2 Å². The van der Waals surface area contributed by atoms with Crippen molar-refractivity contribution in [2.24, 2.45) is 11.8 Å². The van der Waals surface area contributed by atoms with Crippen LogP contribution in [-0.2, 0) is 29.5 Å². The van der Waals surface area contributed by atoms with Gasteiger partial charge in [0.25, 0.3) is 55.1 Å². The molecule has 6 atom stereocenters. The number of anilines is 2. The summed E-state index contributed by atoms with van der Waals surface area (Å²) in [5.74, 6) is -7.32. The van der Waals surface area contributed by atoms with Gasteiger partial charge in [-0.05, 0) is 232 Å². The third kappa shape index (κ3) is 18.2. The Morgan fingerprint density at radius 3 is 1.30 bits per heavy atom. The number of likely N-dealkylation sites (tertiary alicyclic amines) is 2. The molecule has 10 aromatic rings. The quantitative estimate of drug-likeness (QED) is 0.0167. The maximum absolute atomic E-state index is 14.2. The van der Waals surface area contributed by atoms with Crippen LogP contribution in [0.5, 0.6) is 23.0 Å². The summed E-state index contributed by atoms with van der Waals surface area (Å²) in [6, 6.07) is 40.0. The average Bonchev–Trinajstić information content (AvgIpc) is 1.58. The lowest BCUT2D eigenvalue weighted by Gasteiger charge is -2.36. The van der Waals surface area contributed by atoms with Crippen LogP contribution in [0.1, 0.15) is 181 Å². The zero-order valence-electron chi connectivity index (χ0n) is 66.6. The number of benzene rings is 6. The third-order valence-electron chi connectivity index (χ3n) is 25.1. The number of carbonyl (C=O) groups excluding carboxylic acids is 2. The Bertz CT molecular complexity index is 5620. The number of nitrogens with zero attached hydrogens (tertiary/aromatic N) is 6. The normalized spacial score (nSPS) is 21.8. The molecule has 32 heteroatoms. The Kier molecular flexibility index (Phi) is 23.7. The van der Waals surface area contributed by atoms with Crippen molar-refractivity contribution >= 4 is 87.8 Å². The van der Waals surface area contributed by atoms with Gasteiger partial charge in [0, 0.05) is 112 Å². The summed E-state index contributed by atoms with van der Waals surface area (Å²) in [7, 11) is -9.16. The van der Waals surface area contributed by atoms with Gasteiger partial charge in [0.15, 0.2) is 0 Å². The number of carbonyl (C=O) groups is 2. The predicted molar refractivity (Wildman–Crippen MR) is 451 cm³/mol. The highest BCUT2D eigenvalue weighted by Crippen LogP contribution is 2.59. The van der Waals surface area contributed by atoms with Gasteiger partial charge in [0.1, 0.15) is 45.7 Å². The summed E-state index contributed by atoms with van der Waals surface area (Å²) in [5.41, 5.74) is 7.83. The number of allylic oxidation sites excluding steroid dienone is 2. The van der Waals surface area contributed by atoms with Crippen LogP contribution in [-0.4, -0.2) is 145 Å². The number of nitro groups is 2. The maximum Gasteiger partial charge on any atom is 0.293 e. The van der Waals surface area contributed by atoms with E-state index in [-0.39, 0.29) is 82.8 Å². The second-order valence-electron chi connectivity index (χ2n) is 32.8. The van der Waals surface area contributed by atoms with Crippen LogP contribution in [0.3, 0.4) is 0 Å². The van der Waals surface area contributed by atoms with Crippen molar-refractivity contribution in [2.75, 3.05) is 63.2 Å². The number of sulfonamides is 2. The van der Waals surface area contributed by atoms with Gasteiger partial charge in [-0.15, -0.1) is 0 Å². The number of aromatic nitrogens is 4. The van der Waals surface area contributed by atoms with Crippen molar-refractivity contribution < 1.29 is 72.8 Å². The Balaban J connectivity index is 0.000000173. The van der Waals surface area contributed by atoms with Crippen molar-refractivity contribution in [1.82, 2.24) is 39.2 Å². The van der Waals surface area contributed by atoms with Crippen molar-refractivity contribution in [1.29, 1.82) is 0 Å². The van der Waals surface area contributed by atoms with Crippen LogP contribution in [0.4, 0.5) is 40.3 Å². The number of nitro benzene ring substituents is 2.